The first-order valence-corrected chi connectivity index (χ1v) is 13.4. The van der Waals surface area contributed by atoms with Crippen LogP contribution in [0.2, 0.25) is 0 Å². The Morgan fingerprint density at radius 2 is 1.53 bits per heavy atom. The van der Waals surface area contributed by atoms with Gasteiger partial charge in [-0.25, -0.2) is 0 Å². The summed E-state index contributed by atoms with van der Waals surface area (Å²) in [5.74, 6) is -0.0625. The van der Waals surface area contributed by atoms with E-state index >= 15 is 0 Å². The molecule has 0 saturated carbocycles. The van der Waals surface area contributed by atoms with E-state index in [-0.39, 0.29) is 42.5 Å². The Hall–Kier alpha value is -2.59. The van der Waals surface area contributed by atoms with Crippen LogP contribution in [0.3, 0.4) is 0 Å². The number of hydrogen-bond acceptors (Lipinski definition) is 4. The molecule has 5 heteroatoms. The van der Waals surface area contributed by atoms with Crippen LogP contribution < -0.4 is 0 Å². The van der Waals surface area contributed by atoms with E-state index in [4.69, 9.17) is 10.1 Å². The minimum Gasteiger partial charge on any atom is -0.512 e. The number of carbonyl (C=O) groups excluding carboxylic acids is 1. The van der Waals surface area contributed by atoms with Crippen molar-refractivity contribution in [3.8, 4) is 21.7 Å². The van der Waals surface area contributed by atoms with Gasteiger partial charge in [0.1, 0.15) is 0 Å². The smallest absolute Gasteiger partial charge is 0.155 e. The molecule has 1 N–H and O–H groups in total. The van der Waals surface area contributed by atoms with Gasteiger partial charge in [0.2, 0.25) is 0 Å². The number of carbonyl (C=O) groups is 1. The number of ketones is 1. The van der Waals surface area contributed by atoms with Crippen molar-refractivity contribution < 1.29 is 30.0 Å². The number of hydrogen-bond donors (Lipinski definition) is 1. The van der Waals surface area contributed by atoms with Crippen LogP contribution in [-0.2, 0) is 35.7 Å². The molecule has 0 spiro atoms. The average molecular weight is 705 g/mol. The van der Waals surface area contributed by atoms with Gasteiger partial charge in [-0.1, -0.05) is 78.8 Å². The third-order valence-corrected chi connectivity index (χ3v) is 7.14. The molecular weight excluding hydrogens is 667 g/mol. The van der Waals surface area contributed by atoms with Crippen LogP contribution in [0.4, 0.5) is 0 Å². The van der Waals surface area contributed by atoms with Gasteiger partial charge in [0.15, 0.2) is 5.78 Å². The number of thiophene rings is 1. The van der Waals surface area contributed by atoms with Crippen LogP contribution in [0, 0.1) is 13.0 Å². The molecule has 0 unspecified atom stereocenters. The number of aryl methyl sites for hydroxylation is 1. The molecule has 203 valence electrons. The Bertz CT molecular complexity index is 1430. The zero-order valence-corrected chi connectivity index (χ0v) is 27.0. The van der Waals surface area contributed by atoms with E-state index in [0.717, 1.165) is 16.8 Å². The van der Waals surface area contributed by atoms with Crippen LogP contribution in [0.5, 0.6) is 0 Å². The van der Waals surface area contributed by atoms with Crippen molar-refractivity contribution in [3.05, 3.63) is 89.3 Å². The fraction of sp³-hybridized carbons (Fsp3) is 0.333. The number of fused-ring (bicyclic) bond motifs is 1. The molecule has 0 saturated heterocycles. The van der Waals surface area contributed by atoms with E-state index in [9.17, 15) is 4.79 Å². The van der Waals surface area contributed by atoms with Gasteiger partial charge < -0.3 is 10.1 Å². The zero-order chi connectivity index (χ0) is 27.5. The number of allylic oxidation sites excluding steroid dienone is 2. The van der Waals surface area contributed by atoms with Crippen LogP contribution in [0.15, 0.2) is 66.6 Å². The maximum Gasteiger partial charge on any atom is 0.155 e. The second kappa shape index (κ2) is 12.5. The van der Waals surface area contributed by atoms with E-state index < -0.39 is 0 Å². The van der Waals surface area contributed by atoms with Crippen molar-refractivity contribution in [1.29, 1.82) is 0 Å². The van der Waals surface area contributed by atoms with E-state index in [1.54, 1.807) is 0 Å². The van der Waals surface area contributed by atoms with E-state index in [2.05, 4.69) is 103 Å². The van der Waals surface area contributed by atoms with E-state index in [0.29, 0.717) is 0 Å². The normalized spacial score (nSPS) is 12.0. The minimum absolute atomic E-state index is 0. The summed E-state index contributed by atoms with van der Waals surface area (Å²) in [7, 11) is 0. The van der Waals surface area contributed by atoms with Crippen molar-refractivity contribution in [2.75, 3.05) is 0 Å². The van der Waals surface area contributed by atoms with Gasteiger partial charge >= 0.3 is 0 Å². The molecule has 4 rings (SSSR count). The van der Waals surface area contributed by atoms with Crippen LogP contribution >= 0.6 is 11.3 Å². The van der Waals surface area contributed by atoms with Crippen molar-refractivity contribution in [1.82, 2.24) is 4.98 Å². The van der Waals surface area contributed by atoms with Crippen LogP contribution in [0.25, 0.3) is 31.8 Å². The molecule has 0 aliphatic rings. The second-order valence-electron chi connectivity index (χ2n) is 11.7. The molecule has 0 atom stereocenters. The third-order valence-electron chi connectivity index (χ3n) is 5.99. The topological polar surface area (TPSA) is 50.2 Å². The van der Waals surface area contributed by atoms with Gasteiger partial charge in [0, 0.05) is 47.3 Å². The van der Waals surface area contributed by atoms with Gasteiger partial charge in [-0.2, -0.15) is 0 Å². The molecule has 0 amide bonds. The standard InChI is InChI=1S/C28H30NS.C5H8O2.Ir/c1-18-12-20(14-23(13-18)28(5,6)7)24-16-26-21(17-29-24)15-25(30-26)19-8-10-22(11-9-19)27(2,3)4;1-4(6)3-5(2)7;/h8-11,13-17H,1-7H3;3,6H,1-2H3;/q-1;;/b;4-3-;. The summed E-state index contributed by atoms with van der Waals surface area (Å²) in [6.45, 7) is 18.5. The molecule has 3 nitrogen and oxygen atoms in total. The largest absolute Gasteiger partial charge is 0.512 e. The quantitative estimate of drug-likeness (QED) is 0.131. The predicted molar refractivity (Wildman–Crippen MR) is 159 cm³/mol. The van der Waals surface area contributed by atoms with Gasteiger partial charge in [0.25, 0.3) is 0 Å². The van der Waals surface area contributed by atoms with Crippen molar-refractivity contribution in [2.24, 2.45) is 0 Å². The molecular formula is C33H38IrNO2S-. The number of benzene rings is 2. The second-order valence-corrected chi connectivity index (χ2v) is 12.7. The van der Waals surface area contributed by atoms with E-state index in [1.807, 2.05) is 17.5 Å². The fourth-order valence-electron chi connectivity index (χ4n) is 3.94. The molecule has 2 heterocycles. The van der Waals surface area contributed by atoms with Crippen molar-refractivity contribution >= 4 is 27.2 Å². The number of nitrogens with zero attached hydrogens (tertiary/aromatic N) is 1. The first-order valence-electron chi connectivity index (χ1n) is 12.6. The summed E-state index contributed by atoms with van der Waals surface area (Å²) >= 11 is 1.83. The van der Waals surface area contributed by atoms with Crippen LogP contribution in [0.1, 0.15) is 72.1 Å². The molecule has 2 aromatic heterocycles. The first kappa shape index (κ1) is 31.6. The Kier molecular flexibility index (Phi) is 10.4. The van der Waals surface area contributed by atoms with E-state index in [1.165, 1.54) is 51.6 Å². The van der Waals surface area contributed by atoms with Gasteiger partial charge in [-0.05, 0) is 47.6 Å². The molecule has 1 radical (unpaired) electrons. The summed E-state index contributed by atoms with van der Waals surface area (Å²) in [4.78, 5) is 16.1. The Morgan fingerprint density at radius 3 is 2.03 bits per heavy atom. The predicted octanol–water partition coefficient (Wildman–Crippen LogP) is 9.37. The third kappa shape index (κ3) is 8.46. The molecule has 0 aliphatic carbocycles. The van der Waals surface area contributed by atoms with Gasteiger partial charge in [-0.15, -0.1) is 46.2 Å². The summed E-state index contributed by atoms with van der Waals surface area (Å²) in [5.41, 5.74) is 7.46. The maximum absolute atomic E-state index is 10.0. The maximum atomic E-state index is 10.0. The van der Waals surface area contributed by atoms with Gasteiger partial charge in [-0.3, -0.25) is 4.79 Å². The Labute approximate surface area is 245 Å². The first-order chi connectivity index (χ1) is 17.1. The van der Waals surface area contributed by atoms with Crippen molar-refractivity contribution in [3.63, 3.8) is 0 Å². The summed E-state index contributed by atoms with van der Waals surface area (Å²) in [6, 6.07) is 21.4. The zero-order valence-electron chi connectivity index (χ0n) is 23.8. The SMILES string of the molecule is CC(=O)/C=C(/C)O.Cc1[c-]c(-c2cc3sc(-c4ccc(C(C)(C)C)cc4)cc3cn2)cc(C(C)(C)C)c1.[Ir]. The molecule has 38 heavy (non-hydrogen) atoms. The Morgan fingerprint density at radius 1 is 0.921 bits per heavy atom. The number of aliphatic hydroxyl groups excluding tert-OH is 1. The monoisotopic (exact) mass is 705 g/mol. The number of aliphatic hydroxyl groups is 1. The minimum atomic E-state index is -0.125. The van der Waals surface area contributed by atoms with Crippen LogP contribution in [-0.4, -0.2) is 15.9 Å². The Balaban J connectivity index is 0.000000561. The summed E-state index contributed by atoms with van der Waals surface area (Å²) in [6.07, 6.45) is 3.17. The molecule has 4 aromatic rings. The molecule has 0 aliphatic heterocycles. The average Bonchev–Trinajstić information content (AvgIpc) is 3.20. The molecule has 0 bridgehead atoms. The number of pyridine rings is 1. The molecule has 0 fully saturated rings. The summed E-state index contributed by atoms with van der Waals surface area (Å²) in [5, 5.41) is 9.56. The van der Waals surface area contributed by atoms with Gasteiger partial charge in [0.05, 0.1) is 5.76 Å². The molecule has 2 aromatic carbocycles. The fourth-order valence-corrected chi connectivity index (χ4v) is 5.01. The summed E-state index contributed by atoms with van der Waals surface area (Å²) < 4.78 is 1.27. The number of rotatable bonds is 3. The number of aromatic nitrogens is 1. The van der Waals surface area contributed by atoms with Crippen molar-refractivity contribution in [2.45, 2.75) is 73.1 Å².